The van der Waals surface area contributed by atoms with Crippen LogP contribution in [0.25, 0.3) is 0 Å². The molecule has 21 heavy (non-hydrogen) atoms. The second-order valence-corrected chi connectivity index (χ2v) is 6.23. The average molecular weight is 298 g/mol. The zero-order valence-corrected chi connectivity index (χ0v) is 13.8. The molecule has 0 aliphatic rings. The van der Waals surface area contributed by atoms with Crippen LogP contribution in [0.1, 0.15) is 45.2 Å². The molecule has 0 aromatic heterocycles. The van der Waals surface area contributed by atoms with Gasteiger partial charge in [-0.05, 0) is 52.4 Å². The largest absolute Gasteiger partial charge is 0.313 e. The SMILES string of the molecule is CNC(CCN(C)C(C)CC(C)C)c1cccc(F)c1F. The summed E-state index contributed by atoms with van der Waals surface area (Å²) in [6.45, 7) is 7.47. The van der Waals surface area contributed by atoms with Gasteiger partial charge in [0.1, 0.15) is 0 Å². The summed E-state index contributed by atoms with van der Waals surface area (Å²) in [4.78, 5) is 2.28. The van der Waals surface area contributed by atoms with Crippen molar-refractivity contribution in [2.45, 2.75) is 45.7 Å². The quantitative estimate of drug-likeness (QED) is 0.781. The number of nitrogens with one attached hydrogen (secondary N) is 1. The summed E-state index contributed by atoms with van der Waals surface area (Å²) in [6, 6.07) is 4.68. The van der Waals surface area contributed by atoms with Gasteiger partial charge in [0, 0.05) is 17.6 Å². The van der Waals surface area contributed by atoms with E-state index in [0.717, 1.165) is 25.5 Å². The predicted octanol–water partition coefficient (Wildman–Crippen LogP) is 3.98. The summed E-state index contributed by atoms with van der Waals surface area (Å²) in [5.41, 5.74) is 0.405. The first-order valence-corrected chi connectivity index (χ1v) is 7.68. The van der Waals surface area contributed by atoms with E-state index in [2.05, 4.69) is 38.0 Å². The first-order valence-electron chi connectivity index (χ1n) is 7.68. The predicted molar refractivity (Wildman–Crippen MR) is 84.3 cm³/mol. The third kappa shape index (κ3) is 5.36. The van der Waals surface area contributed by atoms with Crippen LogP contribution in [0.2, 0.25) is 0 Å². The van der Waals surface area contributed by atoms with Crippen LogP contribution in [0.15, 0.2) is 18.2 Å². The Bertz CT molecular complexity index is 435. The topological polar surface area (TPSA) is 15.3 Å². The zero-order valence-electron chi connectivity index (χ0n) is 13.8. The van der Waals surface area contributed by atoms with Crippen molar-refractivity contribution in [1.82, 2.24) is 10.2 Å². The molecule has 1 N–H and O–H groups in total. The monoisotopic (exact) mass is 298 g/mol. The molecule has 0 aliphatic carbocycles. The molecule has 0 bridgehead atoms. The molecule has 0 heterocycles. The zero-order chi connectivity index (χ0) is 16.0. The lowest BCUT2D eigenvalue weighted by molar-refractivity contribution is 0.217. The van der Waals surface area contributed by atoms with Gasteiger partial charge in [0.2, 0.25) is 0 Å². The molecule has 0 fully saturated rings. The second kappa shape index (κ2) is 8.44. The van der Waals surface area contributed by atoms with E-state index in [9.17, 15) is 8.78 Å². The molecule has 0 amide bonds. The Hall–Kier alpha value is -1.00. The van der Waals surface area contributed by atoms with Crippen LogP contribution in [0.3, 0.4) is 0 Å². The molecule has 0 aliphatic heterocycles. The summed E-state index contributed by atoms with van der Waals surface area (Å²) in [5, 5.41) is 3.09. The minimum absolute atomic E-state index is 0.172. The number of halogens is 2. The third-order valence-corrected chi connectivity index (χ3v) is 4.04. The number of hydrogen-bond acceptors (Lipinski definition) is 2. The fourth-order valence-electron chi connectivity index (χ4n) is 2.66. The first kappa shape index (κ1) is 18.1. The van der Waals surface area contributed by atoms with Gasteiger partial charge in [-0.2, -0.15) is 0 Å². The Morgan fingerprint density at radius 3 is 2.43 bits per heavy atom. The fraction of sp³-hybridized carbons (Fsp3) is 0.647. The van der Waals surface area contributed by atoms with E-state index < -0.39 is 11.6 Å². The summed E-state index contributed by atoms with van der Waals surface area (Å²) in [7, 11) is 3.87. The lowest BCUT2D eigenvalue weighted by Crippen LogP contribution is -2.33. The number of nitrogens with zero attached hydrogens (tertiary/aromatic N) is 1. The van der Waals surface area contributed by atoms with E-state index in [1.807, 2.05) is 0 Å². The summed E-state index contributed by atoms with van der Waals surface area (Å²) < 4.78 is 27.2. The lowest BCUT2D eigenvalue weighted by Gasteiger charge is -2.28. The summed E-state index contributed by atoms with van der Waals surface area (Å²) in [5.74, 6) is -0.868. The van der Waals surface area contributed by atoms with Gasteiger partial charge in [0.15, 0.2) is 11.6 Å². The number of rotatable bonds is 8. The summed E-state index contributed by atoms with van der Waals surface area (Å²) in [6.07, 6.45) is 1.88. The van der Waals surface area contributed by atoms with Crippen molar-refractivity contribution in [3.63, 3.8) is 0 Å². The van der Waals surface area contributed by atoms with Crippen molar-refractivity contribution in [3.05, 3.63) is 35.4 Å². The minimum Gasteiger partial charge on any atom is -0.313 e. The van der Waals surface area contributed by atoms with Crippen LogP contribution in [0, 0.1) is 17.6 Å². The van der Waals surface area contributed by atoms with E-state index in [1.165, 1.54) is 0 Å². The molecule has 2 atom stereocenters. The highest BCUT2D eigenvalue weighted by atomic mass is 19.2. The second-order valence-electron chi connectivity index (χ2n) is 6.23. The van der Waals surface area contributed by atoms with Crippen molar-refractivity contribution in [1.29, 1.82) is 0 Å². The minimum atomic E-state index is -0.783. The van der Waals surface area contributed by atoms with E-state index in [0.29, 0.717) is 17.5 Å². The highest BCUT2D eigenvalue weighted by Gasteiger charge is 2.18. The van der Waals surface area contributed by atoms with Crippen LogP contribution >= 0.6 is 0 Å². The van der Waals surface area contributed by atoms with Gasteiger partial charge in [-0.15, -0.1) is 0 Å². The lowest BCUT2D eigenvalue weighted by atomic mass is 10.0. The van der Waals surface area contributed by atoms with Crippen LogP contribution in [-0.2, 0) is 0 Å². The molecule has 0 saturated carbocycles. The molecular formula is C17H28F2N2. The molecule has 1 rings (SSSR count). The van der Waals surface area contributed by atoms with Gasteiger partial charge < -0.3 is 10.2 Å². The van der Waals surface area contributed by atoms with Gasteiger partial charge >= 0.3 is 0 Å². The molecule has 120 valence electrons. The Labute approximate surface area is 127 Å². The standard InChI is InChI=1S/C17H28F2N2/c1-12(2)11-13(3)21(5)10-9-16(20-4)14-7-6-8-15(18)17(14)19/h6-8,12-13,16,20H,9-11H2,1-5H3. The van der Waals surface area contributed by atoms with E-state index in [4.69, 9.17) is 0 Å². The maximum atomic E-state index is 13.9. The van der Waals surface area contributed by atoms with Gasteiger partial charge in [-0.3, -0.25) is 0 Å². The van der Waals surface area contributed by atoms with Crippen molar-refractivity contribution < 1.29 is 8.78 Å². The number of hydrogen-bond donors (Lipinski definition) is 1. The third-order valence-electron chi connectivity index (χ3n) is 4.04. The van der Waals surface area contributed by atoms with Crippen molar-refractivity contribution in [2.75, 3.05) is 20.6 Å². The Morgan fingerprint density at radius 2 is 1.86 bits per heavy atom. The van der Waals surface area contributed by atoms with Gasteiger partial charge in [-0.25, -0.2) is 8.78 Å². The molecule has 1 aromatic rings. The number of benzene rings is 1. The van der Waals surface area contributed by atoms with E-state index in [1.54, 1.807) is 19.2 Å². The van der Waals surface area contributed by atoms with Crippen LogP contribution < -0.4 is 5.32 Å². The maximum absolute atomic E-state index is 13.9. The van der Waals surface area contributed by atoms with Crippen LogP contribution in [0.4, 0.5) is 8.78 Å². The molecule has 4 heteroatoms. The Balaban J connectivity index is 2.64. The molecule has 0 radical (unpaired) electrons. The molecule has 0 spiro atoms. The average Bonchev–Trinajstić information content (AvgIpc) is 2.42. The van der Waals surface area contributed by atoms with Crippen LogP contribution in [0.5, 0.6) is 0 Å². The normalized spacial score (nSPS) is 14.7. The van der Waals surface area contributed by atoms with Crippen molar-refractivity contribution in [2.24, 2.45) is 5.92 Å². The molecule has 0 saturated heterocycles. The van der Waals surface area contributed by atoms with Crippen molar-refractivity contribution >= 4 is 0 Å². The van der Waals surface area contributed by atoms with E-state index >= 15 is 0 Å². The molecular weight excluding hydrogens is 270 g/mol. The highest BCUT2D eigenvalue weighted by molar-refractivity contribution is 5.22. The Morgan fingerprint density at radius 1 is 1.19 bits per heavy atom. The fourth-order valence-corrected chi connectivity index (χ4v) is 2.66. The van der Waals surface area contributed by atoms with E-state index in [-0.39, 0.29) is 6.04 Å². The Kier molecular flexibility index (Phi) is 7.26. The van der Waals surface area contributed by atoms with Gasteiger partial charge in [0.05, 0.1) is 0 Å². The molecule has 2 unspecified atom stereocenters. The first-order chi connectivity index (χ1) is 9.86. The maximum Gasteiger partial charge on any atom is 0.163 e. The smallest absolute Gasteiger partial charge is 0.163 e. The van der Waals surface area contributed by atoms with Crippen LogP contribution in [-0.4, -0.2) is 31.6 Å². The molecule has 1 aromatic carbocycles. The van der Waals surface area contributed by atoms with Gasteiger partial charge in [0.25, 0.3) is 0 Å². The molecule has 2 nitrogen and oxygen atoms in total. The summed E-state index contributed by atoms with van der Waals surface area (Å²) >= 11 is 0. The highest BCUT2D eigenvalue weighted by Crippen LogP contribution is 2.22. The van der Waals surface area contributed by atoms with Crippen molar-refractivity contribution in [3.8, 4) is 0 Å². The van der Waals surface area contributed by atoms with Gasteiger partial charge in [-0.1, -0.05) is 26.0 Å².